The molecule has 2 heterocycles. The number of sulfonamides is 1. The predicted octanol–water partition coefficient (Wildman–Crippen LogP) is 6.68. The van der Waals surface area contributed by atoms with Gasteiger partial charge in [0, 0.05) is 24.4 Å². The van der Waals surface area contributed by atoms with Crippen LogP contribution in [0.4, 0.5) is 40.3 Å². The zero-order chi connectivity index (χ0) is 46.7. The number of halogens is 7. The Kier molecular flexibility index (Phi) is 15.0. The number of nitrogens with one attached hydrogen (secondary N) is 2. The van der Waals surface area contributed by atoms with Gasteiger partial charge in [0.05, 0.1) is 30.0 Å². The molecule has 22 heteroatoms. The molecule has 1 unspecified atom stereocenters. The van der Waals surface area contributed by atoms with Gasteiger partial charge in [-0.05, 0) is 75.3 Å². The molecule has 2 fully saturated rings. The van der Waals surface area contributed by atoms with Gasteiger partial charge in [0.1, 0.15) is 29.6 Å². The smallest absolute Gasteiger partial charge is 0.416 e. The van der Waals surface area contributed by atoms with E-state index in [1.54, 1.807) is 31.6 Å². The first kappa shape index (κ1) is 48.9. The van der Waals surface area contributed by atoms with E-state index in [9.17, 15) is 63.1 Å². The maximum Gasteiger partial charge on any atom is 0.416 e. The highest BCUT2D eigenvalue weighted by molar-refractivity contribution is 7.89. The third-order valence-electron chi connectivity index (χ3n) is 11.0. The maximum atomic E-state index is 14.3. The number of amides is 5. The van der Waals surface area contributed by atoms with Crippen molar-refractivity contribution in [3.05, 3.63) is 70.0 Å². The lowest BCUT2D eigenvalue weighted by molar-refractivity contribution is -0.143. The fraction of sp³-hybridized carbons (Fsp3) is 0.585. The molecule has 1 saturated carbocycles. The summed E-state index contributed by atoms with van der Waals surface area (Å²) in [6.07, 6.45) is -9.01. The van der Waals surface area contributed by atoms with Crippen molar-refractivity contribution in [1.29, 1.82) is 0 Å². The molecule has 1 aliphatic carbocycles. The van der Waals surface area contributed by atoms with Crippen LogP contribution in [0.25, 0.3) is 0 Å². The Labute approximate surface area is 359 Å². The average molecular weight is 922 g/mol. The predicted molar refractivity (Wildman–Crippen MR) is 210 cm³/mol. The number of hydrogen-bond donors (Lipinski definition) is 3. The number of primary amides is 1. The van der Waals surface area contributed by atoms with E-state index in [1.165, 1.54) is 21.9 Å². The van der Waals surface area contributed by atoms with E-state index in [2.05, 4.69) is 5.32 Å². The third kappa shape index (κ3) is 13.4. The zero-order valence-electron chi connectivity index (χ0n) is 34.7. The molecular weight excluding hydrogens is 872 g/mol. The van der Waals surface area contributed by atoms with Crippen molar-refractivity contribution in [3.63, 3.8) is 0 Å². The summed E-state index contributed by atoms with van der Waals surface area (Å²) >= 11 is 0. The highest BCUT2D eigenvalue weighted by Gasteiger charge is 2.45. The van der Waals surface area contributed by atoms with E-state index in [4.69, 9.17) is 15.2 Å². The van der Waals surface area contributed by atoms with Crippen LogP contribution in [0, 0.1) is 17.7 Å². The van der Waals surface area contributed by atoms with Crippen LogP contribution < -0.4 is 15.8 Å². The highest BCUT2D eigenvalue weighted by atomic mass is 32.2. The van der Waals surface area contributed by atoms with Gasteiger partial charge < -0.3 is 25.4 Å². The number of fused-ring (bicyclic) bond motifs is 1. The minimum atomic E-state index is -5.28. The molecular formula is C41H50F7N5O9S. The van der Waals surface area contributed by atoms with Crippen LogP contribution in [0.5, 0.6) is 0 Å². The van der Waals surface area contributed by atoms with Crippen LogP contribution in [0.15, 0.2) is 36.4 Å². The van der Waals surface area contributed by atoms with Crippen molar-refractivity contribution in [1.82, 2.24) is 19.8 Å². The van der Waals surface area contributed by atoms with Gasteiger partial charge in [-0.25, -0.2) is 22.4 Å². The van der Waals surface area contributed by atoms with E-state index in [1.807, 2.05) is 0 Å². The van der Waals surface area contributed by atoms with Crippen LogP contribution >= 0.6 is 0 Å². The van der Waals surface area contributed by atoms with Crippen LogP contribution in [0.1, 0.15) is 106 Å². The van der Waals surface area contributed by atoms with E-state index in [0.29, 0.717) is 68.2 Å². The molecule has 4 N–H and O–H groups in total. The first-order valence-electron chi connectivity index (χ1n) is 20.3. The molecule has 5 rings (SSSR count). The van der Waals surface area contributed by atoms with Gasteiger partial charge in [-0.15, -0.1) is 0 Å². The molecule has 63 heavy (non-hydrogen) atoms. The molecule has 2 aromatic carbocycles. The van der Waals surface area contributed by atoms with Crippen molar-refractivity contribution in [2.45, 2.75) is 134 Å². The topological polar surface area (TPSA) is 195 Å². The largest absolute Gasteiger partial charge is 0.444 e. The van der Waals surface area contributed by atoms with Gasteiger partial charge in [-0.1, -0.05) is 50.3 Å². The van der Waals surface area contributed by atoms with Crippen molar-refractivity contribution >= 4 is 39.9 Å². The maximum absolute atomic E-state index is 14.3. The van der Waals surface area contributed by atoms with Gasteiger partial charge in [0.25, 0.3) is 0 Å². The number of unbranched alkanes of at least 4 members (excludes halogenated alkanes) is 4. The van der Waals surface area contributed by atoms with Crippen LogP contribution in [0.3, 0.4) is 0 Å². The monoisotopic (exact) mass is 921 g/mol. The second kappa shape index (κ2) is 19.3. The minimum absolute atomic E-state index is 0.0126. The fourth-order valence-electron chi connectivity index (χ4n) is 7.82. The Morgan fingerprint density at radius 1 is 0.905 bits per heavy atom. The van der Waals surface area contributed by atoms with Gasteiger partial charge >= 0.3 is 24.5 Å². The fourth-order valence-corrected chi connectivity index (χ4v) is 9.01. The number of likely N-dealkylation sites (tertiary alicyclic amines) is 1. The summed E-state index contributed by atoms with van der Waals surface area (Å²) in [5.41, 5.74) is 1.44. The Morgan fingerprint density at radius 2 is 1.59 bits per heavy atom. The first-order valence-corrected chi connectivity index (χ1v) is 22.0. The zero-order valence-corrected chi connectivity index (χ0v) is 35.6. The summed E-state index contributed by atoms with van der Waals surface area (Å²) in [7, 11) is -4.69. The summed E-state index contributed by atoms with van der Waals surface area (Å²) in [6.45, 7) is 4.83. The summed E-state index contributed by atoms with van der Waals surface area (Å²) < 4.78 is 132. The lowest BCUT2D eigenvalue weighted by Gasteiger charge is -2.28. The van der Waals surface area contributed by atoms with Crippen LogP contribution in [0.2, 0.25) is 0 Å². The molecule has 348 valence electrons. The second-order valence-corrected chi connectivity index (χ2v) is 18.8. The number of carbonyl (C=O) groups excluding carboxylic acids is 5. The Balaban J connectivity index is 1.08. The van der Waals surface area contributed by atoms with E-state index in [0.717, 1.165) is 0 Å². The van der Waals surface area contributed by atoms with E-state index < -0.39 is 110 Å². The van der Waals surface area contributed by atoms with Crippen molar-refractivity contribution in [2.75, 3.05) is 6.54 Å². The number of ether oxygens (including phenoxy) is 2. The first-order chi connectivity index (χ1) is 29.2. The molecule has 1 saturated heterocycles. The Hall–Kier alpha value is -5.15. The molecule has 5 amide bonds. The number of nitrogens with two attached hydrogens (primary N) is 1. The second-order valence-electron chi connectivity index (χ2n) is 17.1. The number of nitrogens with zero attached hydrogens (tertiary/aromatic N) is 2. The van der Waals surface area contributed by atoms with E-state index in [-0.39, 0.29) is 44.5 Å². The lowest BCUT2D eigenvalue weighted by atomic mass is 10.0. The van der Waals surface area contributed by atoms with Gasteiger partial charge in [-0.3, -0.25) is 24.0 Å². The standard InChI is InChI=1S/C41H50F7N5O9S/c1-39(2,3)62-37(57)50-32(36(56)53-20-27(18-33(53)34(49)54)61-38(58)52-19-24-11-9-12-31(42)29(24)21-52)13-8-6-4-5-7-10-23-16-28(23)35(55)51-63(59,60)22-25-14-15-26(40(43,44)45)17-30(25)41(46,47)48/h9,11-12,14-15,17,23,27-28,32-33H,4-8,10,13,16,18-22H2,1-3H3,(H2,49,54)(H,50,57)(H,51,55)/t23?,27-,28+,32+,33+/m1/s1. The third-order valence-corrected chi connectivity index (χ3v) is 12.2. The molecule has 2 aliphatic heterocycles. The summed E-state index contributed by atoms with van der Waals surface area (Å²) in [4.78, 5) is 67.5. The van der Waals surface area contributed by atoms with Crippen molar-refractivity contribution < 1.29 is 72.6 Å². The number of hydrogen-bond acceptors (Lipinski definition) is 9. The molecule has 2 aromatic rings. The molecule has 0 spiro atoms. The van der Waals surface area contributed by atoms with Crippen LogP contribution in [-0.4, -0.2) is 78.5 Å². The molecule has 0 aromatic heterocycles. The Bertz CT molecular complexity index is 2160. The number of rotatable bonds is 16. The number of alkyl halides is 6. The highest BCUT2D eigenvalue weighted by Crippen LogP contribution is 2.43. The SMILES string of the molecule is CC(C)(C)OC(=O)N[C@@H](CCCCCCCC1C[C@@H]1C(=O)NS(=O)(=O)Cc1ccc(C(F)(F)F)cc1C(F)(F)F)C(=O)N1C[C@H](OC(=O)N2Cc3cccc(F)c3C2)C[C@H]1C(N)=O. The number of alkyl carbamates (subject to hydrolysis) is 1. The van der Waals surface area contributed by atoms with Gasteiger partial charge in [0.2, 0.25) is 27.7 Å². The van der Waals surface area contributed by atoms with Gasteiger partial charge in [0.15, 0.2) is 0 Å². The quantitative estimate of drug-likeness (QED) is 0.122. The normalized spacial score (nSPS) is 20.5. The number of carbonyl (C=O) groups is 5. The molecule has 3 aliphatic rings. The summed E-state index contributed by atoms with van der Waals surface area (Å²) in [6, 6.07) is 2.82. The van der Waals surface area contributed by atoms with Crippen molar-refractivity contribution in [3.8, 4) is 0 Å². The van der Waals surface area contributed by atoms with Gasteiger partial charge in [-0.2, -0.15) is 26.3 Å². The lowest BCUT2D eigenvalue weighted by Crippen LogP contribution is -2.53. The van der Waals surface area contributed by atoms with Crippen LogP contribution in [-0.2, 0) is 65.1 Å². The molecule has 14 nitrogen and oxygen atoms in total. The average Bonchev–Trinajstić information content (AvgIpc) is 3.58. The Morgan fingerprint density at radius 3 is 2.22 bits per heavy atom. The number of benzene rings is 2. The van der Waals surface area contributed by atoms with E-state index >= 15 is 0 Å². The molecule has 5 atom stereocenters. The molecule has 0 bridgehead atoms. The summed E-state index contributed by atoms with van der Waals surface area (Å²) in [5, 5.41) is 2.58. The van der Waals surface area contributed by atoms with Crippen molar-refractivity contribution in [2.24, 2.45) is 17.6 Å². The summed E-state index contributed by atoms with van der Waals surface area (Å²) in [5.74, 6) is -5.10. The minimum Gasteiger partial charge on any atom is -0.444 e. The molecule has 0 radical (unpaired) electrons.